The maximum atomic E-state index is 11.7. The molecule has 1 amide bonds. The zero-order valence-electron chi connectivity index (χ0n) is 10.0. The first kappa shape index (κ1) is 14.2. The highest BCUT2D eigenvalue weighted by Crippen LogP contribution is 2.14. The van der Waals surface area contributed by atoms with Crippen LogP contribution >= 0.6 is 22.9 Å². The SMILES string of the molecule is O=C(NN=Cc1ccc(C(=O)O)s1)c1cccc(Cl)c1. The molecule has 102 valence electrons. The van der Waals surface area contributed by atoms with Crippen LogP contribution in [0.1, 0.15) is 24.9 Å². The van der Waals surface area contributed by atoms with Crippen molar-refractivity contribution in [1.82, 2.24) is 5.43 Å². The van der Waals surface area contributed by atoms with Crippen LogP contribution in [0.5, 0.6) is 0 Å². The molecule has 0 radical (unpaired) electrons. The number of nitrogens with zero attached hydrogens (tertiary/aromatic N) is 1. The van der Waals surface area contributed by atoms with Crippen LogP contribution in [0.15, 0.2) is 41.5 Å². The van der Waals surface area contributed by atoms with Crippen molar-refractivity contribution in [3.8, 4) is 0 Å². The number of hydrogen-bond donors (Lipinski definition) is 2. The molecule has 0 aliphatic heterocycles. The van der Waals surface area contributed by atoms with E-state index >= 15 is 0 Å². The average molecular weight is 309 g/mol. The summed E-state index contributed by atoms with van der Waals surface area (Å²) in [7, 11) is 0. The molecule has 0 saturated carbocycles. The largest absolute Gasteiger partial charge is 0.477 e. The highest BCUT2D eigenvalue weighted by molar-refractivity contribution is 7.15. The second-order valence-corrected chi connectivity index (χ2v) is 5.27. The van der Waals surface area contributed by atoms with Crippen LogP contribution in [0.2, 0.25) is 5.02 Å². The van der Waals surface area contributed by atoms with Crippen LogP contribution in [0.25, 0.3) is 0 Å². The number of thiophene rings is 1. The van der Waals surface area contributed by atoms with Gasteiger partial charge in [0.1, 0.15) is 4.88 Å². The number of benzene rings is 1. The molecule has 1 aromatic heterocycles. The summed E-state index contributed by atoms with van der Waals surface area (Å²) in [4.78, 5) is 23.3. The van der Waals surface area contributed by atoms with Crippen molar-refractivity contribution >= 4 is 41.0 Å². The van der Waals surface area contributed by atoms with Gasteiger partial charge in [0, 0.05) is 15.5 Å². The molecule has 1 heterocycles. The lowest BCUT2D eigenvalue weighted by Gasteiger charge is -1.99. The predicted octanol–water partition coefficient (Wildman–Crippen LogP) is 2.86. The number of amides is 1. The smallest absolute Gasteiger partial charge is 0.345 e. The summed E-state index contributed by atoms with van der Waals surface area (Å²) < 4.78 is 0. The van der Waals surface area contributed by atoms with E-state index in [9.17, 15) is 9.59 Å². The van der Waals surface area contributed by atoms with E-state index in [-0.39, 0.29) is 4.88 Å². The first-order valence-electron chi connectivity index (χ1n) is 5.48. The molecule has 0 bridgehead atoms. The number of halogens is 1. The molecular weight excluding hydrogens is 300 g/mol. The van der Waals surface area contributed by atoms with E-state index in [2.05, 4.69) is 10.5 Å². The molecule has 0 atom stereocenters. The van der Waals surface area contributed by atoms with Crippen LogP contribution in [0.4, 0.5) is 0 Å². The Balaban J connectivity index is 1.99. The van der Waals surface area contributed by atoms with E-state index in [1.165, 1.54) is 18.3 Å². The quantitative estimate of drug-likeness (QED) is 0.673. The van der Waals surface area contributed by atoms with Crippen molar-refractivity contribution in [3.05, 3.63) is 56.7 Å². The minimum Gasteiger partial charge on any atom is -0.477 e. The highest BCUT2D eigenvalue weighted by Gasteiger charge is 2.06. The summed E-state index contributed by atoms with van der Waals surface area (Å²) in [5, 5.41) is 13.0. The summed E-state index contributed by atoms with van der Waals surface area (Å²) in [6.07, 6.45) is 1.39. The summed E-state index contributed by atoms with van der Waals surface area (Å²) in [5.41, 5.74) is 2.74. The van der Waals surface area contributed by atoms with Crippen molar-refractivity contribution < 1.29 is 14.7 Å². The second kappa shape index (κ2) is 6.31. The fraction of sp³-hybridized carbons (Fsp3) is 0. The Morgan fingerprint density at radius 2 is 2.10 bits per heavy atom. The van der Waals surface area contributed by atoms with Gasteiger partial charge in [-0.15, -0.1) is 11.3 Å². The Bertz CT molecular complexity index is 682. The maximum Gasteiger partial charge on any atom is 0.345 e. The maximum absolute atomic E-state index is 11.7. The number of hydrazone groups is 1. The molecule has 5 nitrogen and oxygen atoms in total. The predicted molar refractivity (Wildman–Crippen MR) is 77.8 cm³/mol. The topological polar surface area (TPSA) is 78.8 Å². The van der Waals surface area contributed by atoms with Crippen molar-refractivity contribution in [2.45, 2.75) is 0 Å². The summed E-state index contributed by atoms with van der Waals surface area (Å²) in [6.45, 7) is 0. The monoisotopic (exact) mass is 308 g/mol. The first-order valence-corrected chi connectivity index (χ1v) is 6.68. The molecule has 1 aromatic carbocycles. The fourth-order valence-corrected chi connectivity index (χ4v) is 2.30. The Kier molecular flexibility index (Phi) is 4.49. The number of carboxylic acid groups (broad SMARTS) is 1. The van der Waals surface area contributed by atoms with E-state index in [4.69, 9.17) is 16.7 Å². The molecule has 20 heavy (non-hydrogen) atoms. The lowest BCUT2D eigenvalue weighted by atomic mass is 10.2. The average Bonchev–Trinajstić information content (AvgIpc) is 2.87. The van der Waals surface area contributed by atoms with E-state index in [1.54, 1.807) is 24.3 Å². The Morgan fingerprint density at radius 3 is 2.75 bits per heavy atom. The van der Waals surface area contributed by atoms with Gasteiger partial charge in [0.2, 0.25) is 0 Å². The minimum atomic E-state index is -0.988. The number of hydrogen-bond acceptors (Lipinski definition) is 4. The molecule has 7 heteroatoms. The number of carboxylic acids is 1. The second-order valence-electron chi connectivity index (χ2n) is 3.72. The Hall–Kier alpha value is -2.18. The van der Waals surface area contributed by atoms with Gasteiger partial charge in [-0.1, -0.05) is 17.7 Å². The van der Waals surface area contributed by atoms with Crippen molar-refractivity contribution in [1.29, 1.82) is 0 Å². The number of aromatic carboxylic acids is 1. The molecule has 0 unspecified atom stereocenters. The van der Waals surface area contributed by atoms with Gasteiger partial charge >= 0.3 is 5.97 Å². The molecule has 0 aliphatic carbocycles. The minimum absolute atomic E-state index is 0.215. The zero-order chi connectivity index (χ0) is 14.5. The van der Waals surface area contributed by atoms with Gasteiger partial charge in [-0.25, -0.2) is 10.2 Å². The third-order valence-electron chi connectivity index (χ3n) is 2.28. The summed E-state index contributed by atoms with van der Waals surface area (Å²) in [5.74, 6) is -1.38. The number of nitrogens with one attached hydrogen (secondary N) is 1. The van der Waals surface area contributed by atoms with Crippen molar-refractivity contribution in [3.63, 3.8) is 0 Å². The number of carbonyl (C=O) groups excluding carboxylic acids is 1. The highest BCUT2D eigenvalue weighted by atomic mass is 35.5. The van der Waals surface area contributed by atoms with Gasteiger partial charge < -0.3 is 5.11 Å². The number of rotatable bonds is 4. The zero-order valence-corrected chi connectivity index (χ0v) is 11.6. The molecule has 2 aromatic rings. The molecule has 0 spiro atoms. The van der Waals surface area contributed by atoms with Crippen LogP contribution in [-0.2, 0) is 0 Å². The van der Waals surface area contributed by atoms with Gasteiger partial charge in [0.25, 0.3) is 5.91 Å². The van der Waals surface area contributed by atoms with Crippen LogP contribution < -0.4 is 5.43 Å². The summed E-state index contributed by atoms with van der Waals surface area (Å²) in [6, 6.07) is 9.57. The van der Waals surface area contributed by atoms with E-state index < -0.39 is 11.9 Å². The van der Waals surface area contributed by atoms with Crippen LogP contribution in [-0.4, -0.2) is 23.2 Å². The first-order chi connectivity index (χ1) is 9.56. The fourth-order valence-electron chi connectivity index (χ4n) is 1.39. The lowest BCUT2D eigenvalue weighted by molar-refractivity contribution is 0.0702. The van der Waals surface area contributed by atoms with Crippen LogP contribution in [0.3, 0.4) is 0 Å². The van der Waals surface area contributed by atoms with Crippen molar-refractivity contribution in [2.24, 2.45) is 5.10 Å². The van der Waals surface area contributed by atoms with E-state index in [1.807, 2.05) is 0 Å². The summed E-state index contributed by atoms with van der Waals surface area (Å²) >= 11 is 6.85. The molecule has 2 N–H and O–H groups in total. The van der Waals surface area contributed by atoms with Crippen molar-refractivity contribution in [2.75, 3.05) is 0 Å². The Labute approximate surface area is 123 Å². The molecular formula is C13H9ClN2O3S. The normalized spacial score (nSPS) is 10.7. The van der Waals surface area contributed by atoms with Gasteiger partial charge in [-0.2, -0.15) is 5.10 Å². The van der Waals surface area contributed by atoms with E-state index in [0.717, 1.165) is 11.3 Å². The third-order valence-corrected chi connectivity index (χ3v) is 3.53. The van der Waals surface area contributed by atoms with Gasteiger partial charge in [0.05, 0.1) is 6.21 Å². The van der Waals surface area contributed by atoms with Gasteiger partial charge in [-0.05, 0) is 30.3 Å². The Morgan fingerprint density at radius 1 is 1.30 bits per heavy atom. The molecule has 0 saturated heterocycles. The standard InChI is InChI=1S/C13H9ClN2O3S/c14-9-3-1-2-8(6-9)12(17)16-15-7-10-4-5-11(20-10)13(18)19/h1-7H,(H,16,17)(H,18,19). The van der Waals surface area contributed by atoms with Gasteiger partial charge in [0.15, 0.2) is 0 Å². The third kappa shape index (κ3) is 3.66. The number of carbonyl (C=O) groups is 2. The molecule has 0 fully saturated rings. The van der Waals surface area contributed by atoms with E-state index in [0.29, 0.717) is 15.5 Å². The molecule has 0 aliphatic rings. The van der Waals surface area contributed by atoms with Crippen LogP contribution in [0, 0.1) is 0 Å². The lowest BCUT2D eigenvalue weighted by Crippen LogP contribution is -2.17. The van der Waals surface area contributed by atoms with Gasteiger partial charge in [-0.3, -0.25) is 4.79 Å². The molecule has 2 rings (SSSR count).